The molecule has 0 aliphatic rings. The topological polar surface area (TPSA) is 49.4 Å². The van der Waals surface area contributed by atoms with Crippen molar-refractivity contribution in [3.8, 4) is 0 Å². The van der Waals surface area contributed by atoms with Gasteiger partial charge in [0.15, 0.2) is 0 Å². The summed E-state index contributed by atoms with van der Waals surface area (Å²) in [5, 5.41) is 3.31. The molecule has 0 atom stereocenters. The Bertz CT molecular complexity index is 753. The van der Waals surface area contributed by atoms with Gasteiger partial charge in [-0.05, 0) is 36.4 Å². The van der Waals surface area contributed by atoms with Crippen molar-refractivity contribution in [3.05, 3.63) is 58.3 Å². The van der Waals surface area contributed by atoms with E-state index in [9.17, 15) is 14.0 Å². The number of hydrogen-bond acceptors (Lipinski definition) is 2. The Hall–Kier alpha value is -2.11. The van der Waals surface area contributed by atoms with Crippen molar-refractivity contribution in [2.75, 3.05) is 16.8 Å². The van der Waals surface area contributed by atoms with Crippen molar-refractivity contribution < 1.29 is 14.0 Å². The second-order valence-corrected chi connectivity index (χ2v) is 5.60. The van der Waals surface area contributed by atoms with Gasteiger partial charge in [-0.2, -0.15) is 0 Å². The third-order valence-electron chi connectivity index (χ3n) is 3.00. The molecular weight excluding hydrogens is 342 g/mol. The molecule has 0 fully saturated rings. The van der Waals surface area contributed by atoms with E-state index in [0.717, 1.165) is 4.90 Å². The molecule has 0 spiro atoms. The summed E-state index contributed by atoms with van der Waals surface area (Å²) in [5.74, 6) is -1.36. The minimum Gasteiger partial charge on any atom is -0.323 e. The van der Waals surface area contributed by atoms with Gasteiger partial charge in [0.1, 0.15) is 12.4 Å². The van der Waals surface area contributed by atoms with Gasteiger partial charge in [-0.25, -0.2) is 4.39 Å². The first-order valence-corrected chi connectivity index (χ1v) is 7.41. The average molecular weight is 355 g/mol. The van der Waals surface area contributed by atoms with Gasteiger partial charge < -0.3 is 10.2 Å². The monoisotopic (exact) mass is 354 g/mol. The highest BCUT2D eigenvalue weighted by Crippen LogP contribution is 2.25. The quantitative estimate of drug-likeness (QED) is 0.897. The lowest BCUT2D eigenvalue weighted by atomic mass is 10.2. The predicted octanol–water partition coefficient (Wildman–Crippen LogP) is 4.12. The molecule has 0 aliphatic carbocycles. The van der Waals surface area contributed by atoms with Crippen LogP contribution in [0.3, 0.4) is 0 Å². The van der Waals surface area contributed by atoms with Crippen LogP contribution < -0.4 is 10.2 Å². The number of amides is 2. The Labute approximate surface area is 142 Å². The molecule has 120 valence electrons. The Morgan fingerprint density at radius 1 is 1.17 bits per heavy atom. The Morgan fingerprint density at radius 3 is 2.57 bits per heavy atom. The highest BCUT2D eigenvalue weighted by Gasteiger charge is 2.17. The lowest BCUT2D eigenvalue weighted by Gasteiger charge is -2.21. The summed E-state index contributed by atoms with van der Waals surface area (Å²) in [5.41, 5.74) is 0.636. The first-order chi connectivity index (χ1) is 10.9. The summed E-state index contributed by atoms with van der Waals surface area (Å²) in [6.07, 6.45) is 0. The maximum absolute atomic E-state index is 13.3. The molecule has 0 aliphatic heterocycles. The molecule has 0 unspecified atom stereocenters. The Morgan fingerprint density at radius 2 is 1.91 bits per heavy atom. The predicted molar refractivity (Wildman–Crippen MR) is 89.5 cm³/mol. The van der Waals surface area contributed by atoms with Gasteiger partial charge in [-0.1, -0.05) is 29.3 Å². The third-order valence-corrected chi connectivity index (χ3v) is 3.57. The van der Waals surface area contributed by atoms with Crippen molar-refractivity contribution in [1.82, 2.24) is 0 Å². The van der Waals surface area contributed by atoms with Crippen LogP contribution in [0.5, 0.6) is 0 Å². The zero-order chi connectivity index (χ0) is 17.0. The molecule has 1 N–H and O–H groups in total. The molecule has 2 rings (SSSR count). The maximum Gasteiger partial charge on any atom is 0.244 e. The van der Waals surface area contributed by atoms with E-state index in [2.05, 4.69) is 5.32 Å². The SMILES string of the molecule is CC(=O)N(CC(=O)Nc1cc(Cl)ccc1Cl)c1cccc(F)c1. The number of nitrogens with one attached hydrogen (secondary N) is 1. The van der Waals surface area contributed by atoms with E-state index >= 15 is 0 Å². The highest BCUT2D eigenvalue weighted by molar-refractivity contribution is 6.35. The number of carbonyl (C=O) groups excluding carboxylic acids is 2. The van der Waals surface area contributed by atoms with Crippen molar-refractivity contribution in [3.63, 3.8) is 0 Å². The van der Waals surface area contributed by atoms with E-state index in [4.69, 9.17) is 23.2 Å². The molecule has 2 amide bonds. The number of benzene rings is 2. The number of nitrogens with zero attached hydrogens (tertiary/aromatic N) is 1. The highest BCUT2D eigenvalue weighted by atomic mass is 35.5. The number of carbonyl (C=O) groups is 2. The molecule has 0 saturated carbocycles. The van der Waals surface area contributed by atoms with Gasteiger partial charge in [-0.15, -0.1) is 0 Å². The second kappa shape index (κ2) is 7.44. The average Bonchev–Trinajstić information content (AvgIpc) is 2.48. The third kappa shape index (κ3) is 4.68. The van der Waals surface area contributed by atoms with Crippen LogP contribution in [0.1, 0.15) is 6.92 Å². The van der Waals surface area contributed by atoms with E-state index < -0.39 is 11.7 Å². The van der Waals surface area contributed by atoms with E-state index in [1.807, 2.05) is 0 Å². The number of anilines is 2. The van der Waals surface area contributed by atoms with Crippen molar-refractivity contribution >= 4 is 46.4 Å². The van der Waals surface area contributed by atoms with Crippen LogP contribution in [0.2, 0.25) is 10.0 Å². The summed E-state index contributed by atoms with van der Waals surface area (Å²) < 4.78 is 13.3. The molecule has 0 saturated heterocycles. The van der Waals surface area contributed by atoms with Crippen LogP contribution >= 0.6 is 23.2 Å². The molecule has 0 aromatic heterocycles. The molecule has 2 aromatic carbocycles. The van der Waals surface area contributed by atoms with Gasteiger partial charge in [0.25, 0.3) is 0 Å². The van der Waals surface area contributed by atoms with Crippen LogP contribution in [0, 0.1) is 5.82 Å². The lowest BCUT2D eigenvalue weighted by molar-refractivity contribution is -0.120. The van der Waals surface area contributed by atoms with Crippen LogP contribution in [-0.4, -0.2) is 18.4 Å². The molecular formula is C16H13Cl2FN2O2. The minimum absolute atomic E-state index is 0.276. The lowest BCUT2D eigenvalue weighted by Crippen LogP contribution is -2.36. The molecule has 7 heteroatoms. The molecule has 2 aromatic rings. The zero-order valence-electron chi connectivity index (χ0n) is 12.1. The van der Waals surface area contributed by atoms with E-state index in [0.29, 0.717) is 21.4 Å². The minimum atomic E-state index is -0.493. The fraction of sp³-hybridized carbons (Fsp3) is 0.125. The Kier molecular flexibility index (Phi) is 5.58. The molecule has 0 radical (unpaired) electrons. The summed E-state index contributed by atoms with van der Waals surface area (Å²) in [6, 6.07) is 10.1. The van der Waals surface area contributed by atoms with Crippen LogP contribution in [0.15, 0.2) is 42.5 Å². The fourth-order valence-electron chi connectivity index (χ4n) is 1.96. The van der Waals surface area contributed by atoms with Gasteiger partial charge >= 0.3 is 0 Å². The number of rotatable bonds is 4. The van der Waals surface area contributed by atoms with Crippen molar-refractivity contribution in [1.29, 1.82) is 0 Å². The van der Waals surface area contributed by atoms with Crippen molar-refractivity contribution in [2.24, 2.45) is 0 Å². The summed E-state index contributed by atoms with van der Waals surface area (Å²) in [6.45, 7) is 1.02. The van der Waals surface area contributed by atoms with E-state index in [-0.39, 0.29) is 12.5 Å². The molecule has 0 bridgehead atoms. The number of hydrogen-bond donors (Lipinski definition) is 1. The van der Waals surface area contributed by atoms with Crippen LogP contribution in [-0.2, 0) is 9.59 Å². The van der Waals surface area contributed by atoms with Crippen LogP contribution in [0.4, 0.5) is 15.8 Å². The largest absolute Gasteiger partial charge is 0.323 e. The summed E-state index contributed by atoms with van der Waals surface area (Å²) in [7, 11) is 0. The van der Waals surface area contributed by atoms with E-state index in [1.54, 1.807) is 18.2 Å². The smallest absolute Gasteiger partial charge is 0.244 e. The van der Waals surface area contributed by atoms with Gasteiger partial charge in [0, 0.05) is 17.6 Å². The van der Waals surface area contributed by atoms with E-state index in [1.165, 1.54) is 31.2 Å². The fourth-order valence-corrected chi connectivity index (χ4v) is 2.29. The Balaban J connectivity index is 2.15. The normalized spacial score (nSPS) is 10.3. The standard InChI is InChI=1S/C16H13Cl2FN2O2/c1-10(22)21(13-4-2-3-12(19)8-13)9-16(23)20-15-7-11(17)5-6-14(15)18/h2-8H,9H2,1H3,(H,20,23). The number of halogens is 3. The first-order valence-electron chi connectivity index (χ1n) is 6.65. The van der Waals surface area contributed by atoms with Gasteiger partial charge in [0.2, 0.25) is 11.8 Å². The van der Waals surface area contributed by atoms with Gasteiger partial charge in [0.05, 0.1) is 10.7 Å². The van der Waals surface area contributed by atoms with Gasteiger partial charge in [-0.3, -0.25) is 9.59 Å². The zero-order valence-corrected chi connectivity index (χ0v) is 13.7. The summed E-state index contributed by atoms with van der Waals surface area (Å²) >= 11 is 11.8. The molecule has 4 nitrogen and oxygen atoms in total. The first kappa shape index (κ1) is 17.2. The summed E-state index contributed by atoms with van der Waals surface area (Å²) in [4.78, 5) is 25.1. The maximum atomic E-state index is 13.3. The molecule has 23 heavy (non-hydrogen) atoms. The van der Waals surface area contributed by atoms with Crippen LogP contribution in [0.25, 0.3) is 0 Å². The second-order valence-electron chi connectivity index (χ2n) is 4.76. The molecule has 0 heterocycles. The van der Waals surface area contributed by atoms with Crippen molar-refractivity contribution in [2.45, 2.75) is 6.92 Å².